The predicted molar refractivity (Wildman–Crippen MR) is 130 cm³/mol. The normalized spacial score (nSPS) is 10.9. The van der Waals surface area contributed by atoms with E-state index in [0.717, 1.165) is 47.7 Å². The van der Waals surface area contributed by atoms with E-state index in [1.807, 2.05) is 42.5 Å². The molecule has 1 amide bonds. The lowest BCUT2D eigenvalue weighted by atomic mass is 10.2. The topological polar surface area (TPSA) is 65.4 Å². The molecule has 3 aromatic carbocycles. The van der Waals surface area contributed by atoms with E-state index >= 15 is 0 Å². The van der Waals surface area contributed by atoms with E-state index in [4.69, 9.17) is 14.5 Å². The number of imidazole rings is 1. The molecule has 4 aromatic rings. The number of fused-ring (bicyclic) bond motifs is 1. The van der Waals surface area contributed by atoms with Crippen LogP contribution in [0.2, 0.25) is 0 Å². The zero-order chi connectivity index (χ0) is 23.8. The molecule has 7 heteroatoms. The molecular weight excluding hydrogens is 433 g/mol. The molecule has 0 aliphatic rings. The molecule has 4 rings (SSSR count). The third-order valence-electron chi connectivity index (χ3n) is 5.58. The second-order valence-electron chi connectivity index (χ2n) is 7.91. The SMILES string of the molecule is COc1ccc(OCCCCn2c(CCNC(=O)c3ccc(F)cc3)nc3ccccc32)cc1. The lowest BCUT2D eigenvalue weighted by molar-refractivity contribution is 0.0954. The number of rotatable bonds is 11. The molecule has 34 heavy (non-hydrogen) atoms. The van der Waals surface area contributed by atoms with Gasteiger partial charge in [0.2, 0.25) is 0 Å². The number of nitrogens with zero attached hydrogens (tertiary/aromatic N) is 2. The Morgan fingerprint density at radius 2 is 1.71 bits per heavy atom. The fourth-order valence-electron chi connectivity index (χ4n) is 3.79. The van der Waals surface area contributed by atoms with E-state index in [0.29, 0.717) is 25.1 Å². The molecule has 0 fully saturated rings. The van der Waals surface area contributed by atoms with E-state index in [2.05, 4.69) is 16.0 Å². The molecule has 1 heterocycles. The molecular formula is C27H28FN3O3. The van der Waals surface area contributed by atoms with Gasteiger partial charge in [-0.1, -0.05) is 12.1 Å². The molecule has 6 nitrogen and oxygen atoms in total. The predicted octanol–water partition coefficient (Wildman–Crippen LogP) is 5.02. The zero-order valence-electron chi connectivity index (χ0n) is 19.2. The molecule has 0 saturated heterocycles. The van der Waals surface area contributed by atoms with Crippen molar-refractivity contribution in [1.29, 1.82) is 0 Å². The summed E-state index contributed by atoms with van der Waals surface area (Å²) in [7, 11) is 1.64. The minimum absolute atomic E-state index is 0.224. The van der Waals surface area contributed by atoms with Crippen LogP contribution >= 0.6 is 0 Å². The highest BCUT2D eigenvalue weighted by atomic mass is 19.1. The Morgan fingerprint density at radius 1 is 0.971 bits per heavy atom. The third-order valence-corrected chi connectivity index (χ3v) is 5.58. The van der Waals surface area contributed by atoms with Gasteiger partial charge in [-0.25, -0.2) is 9.37 Å². The van der Waals surface area contributed by atoms with Crippen molar-refractivity contribution in [2.75, 3.05) is 20.3 Å². The van der Waals surface area contributed by atoms with Gasteiger partial charge in [0.05, 0.1) is 24.8 Å². The van der Waals surface area contributed by atoms with E-state index in [9.17, 15) is 9.18 Å². The molecule has 1 aromatic heterocycles. The molecule has 0 atom stereocenters. The average Bonchev–Trinajstić information content (AvgIpc) is 3.22. The highest BCUT2D eigenvalue weighted by molar-refractivity contribution is 5.94. The second kappa shape index (κ2) is 11.3. The molecule has 0 aliphatic carbocycles. The fraction of sp³-hybridized carbons (Fsp3) is 0.259. The Morgan fingerprint density at radius 3 is 2.47 bits per heavy atom. The number of para-hydroxylation sites is 2. The number of amides is 1. The average molecular weight is 462 g/mol. The largest absolute Gasteiger partial charge is 0.497 e. The Balaban J connectivity index is 1.31. The summed E-state index contributed by atoms with van der Waals surface area (Å²) < 4.78 is 26.3. The molecule has 0 bridgehead atoms. The minimum Gasteiger partial charge on any atom is -0.497 e. The first-order valence-electron chi connectivity index (χ1n) is 11.4. The van der Waals surface area contributed by atoms with Gasteiger partial charge in [-0.05, 0) is 73.5 Å². The van der Waals surface area contributed by atoms with Crippen LogP contribution in [0.25, 0.3) is 11.0 Å². The van der Waals surface area contributed by atoms with Crippen LogP contribution in [0.15, 0.2) is 72.8 Å². The standard InChI is InChI=1S/C27H28FN3O3/c1-33-22-12-14-23(15-13-22)34-19-5-4-18-31-25-7-3-2-6-24(25)30-26(31)16-17-29-27(32)20-8-10-21(28)11-9-20/h2-3,6-15H,4-5,16-19H2,1H3,(H,29,32). The van der Waals surface area contributed by atoms with Crippen LogP contribution in [0.1, 0.15) is 29.0 Å². The highest BCUT2D eigenvalue weighted by Crippen LogP contribution is 2.19. The Kier molecular flexibility index (Phi) is 7.75. The van der Waals surface area contributed by atoms with Crippen LogP contribution in [0.3, 0.4) is 0 Å². The maximum Gasteiger partial charge on any atom is 0.251 e. The summed E-state index contributed by atoms with van der Waals surface area (Å²) in [4.78, 5) is 17.1. The molecule has 0 saturated carbocycles. The van der Waals surface area contributed by atoms with Gasteiger partial charge >= 0.3 is 0 Å². The minimum atomic E-state index is -0.361. The van der Waals surface area contributed by atoms with Crippen molar-refractivity contribution in [3.05, 3.63) is 90.0 Å². The van der Waals surface area contributed by atoms with Gasteiger partial charge in [0, 0.05) is 25.1 Å². The van der Waals surface area contributed by atoms with Crippen molar-refractivity contribution in [3.8, 4) is 11.5 Å². The number of ether oxygens (including phenoxy) is 2. The number of nitrogens with one attached hydrogen (secondary N) is 1. The Labute approximate surface area is 198 Å². The molecule has 0 radical (unpaired) electrons. The fourth-order valence-corrected chi connectivity index (χ4v) is 3.79. The Bertz CT molecular complexity index is 1220. The lowest BCUT2D eigenvalue weighted by Gasteiger charge is -2.11. The number of hydrogen-bond acceptors (Lipinski definition) is 4. The van der Waals surface area contributed by atoms with Crippen molar-refractivity contribution in [2.24, 2.45) is 0 Å². The number of carbonyl (C=O) groups excluding carboxylic acids is 1. The monoisotopic (exact) mass is 461 g/mol. The number of unbranched alkanes of at least 4 members (excludes halogenated alkanes) is 1. The molecule has 0 spiro atoms. The molecule has 0 unspecified atom stereocenters. The first-order chi connectivity index (χ1) is 16.6. The summed E-state index contributed by atoms with van der Waals surface area (Å²) in [5.41, 5.74) is 2.46. The van der Waals surface area contributed by atoms with Gasteiger partial charge in [0.1, 0.15) is 23.1 Å². The quantitative estimate of drug-likeness (QED) is 0.319. The van der Waals surface area contributed by atoms with Crippen LogP contribution in [-0.2, 0) is 13.0 Å². The number of halogens is 1. The smallest absolute Gasteiger partial charge is 0.251 e. The van der Waals surface area contributed by atoms with E-state index in [1.165, 1.54) is 24.3 Å². The molecule has 176 valence electrons. The van der Waals surface area contributed by atoms with Crippen molar-refractivity contribution in [3.63, 3.8) is 0 Å². The summed E-state index contributed by atoms with van der Waals surface area (Å²) in [6.07, 6.45) is 2.44. The number of aryl methyl sites for hydroxylation is 1. The second-order valence-corrected chi connectivity index (χ2v) is 7.91. The van der Waals surface area contributed by atoms with Crippen LogP contribution < -0.4 is 14.8 Å². The first-order valence-corrected chi connectivity index (χ1v) is 11.4. The highest BCUT2D eigenvalue weighted by Gasteiger charge is 2.11. The Hall–Kier alpha value is -3.87. The van der Waals surface area contributed by atoms with E-state index < -0.39 is 0 Å². The first kappa shape index (κ1) is 23.3. The van der Waals surface area contributed by atoms with Crippen LogP contribution in [0.5, 0.6) is 11.5 Å². The number of carbonyl (C=O) groups is 1. The van der Waals surface area contributed by atoms with Crippen molar-refractivity contribution < 1.29 is 18.7 Å². The lowest BCUT2D eigenvalue weighted by Crippen LogP contribution is -2.26. The summed E-state index contributed by atoms with van der Waals surface area (Å²) in [5.74, 6) is 1.97. The number of aromatic nitrogens is 2. The molecule has 0 aliphatic heterocycles. The number of hydrogen-bond donors (Lipinski definition) is 1. The van der Waals surface area contributed by atoms with Gasteiger partial charge < -0.3 is 19.4 Å². The summed E-state index contributed by atoms with van der Waals surface area (Å²) in [6, 6.07) is 21.1. The van der Waals surface area contributed by atoms with Crippen LogP contribution in [-0.4, -0.2) is 35.7 Å². The van der Waals surface area contributed by atoms with Gasteiger partial charge in [-0.2, -0.15) is 0 Å². The number of methoxy groups -OCH3 is 1. The van der Waals surface area contributed by atoms with E-state index in [-0.39, 0.29) is 11.7 Å². The maximum absolute atomic E-state index is 13.1. The van der Waals surface area contributed by atoms with Gasteiger partial charge in [0.25, 0.3) is 5.91 Å². The number of benzene rings is 3. The zero-order valence-corrected chi connectivity index (χ0v) is 19.2. The van der Waals surface area contributed by atoms with Gasteiger partial charge in [-0.15, -0.1) is 0 Å². The van der Waals surface area contributed by atoms with Crippen molar-refractivity contribution in [2.45, 2.75) is 25.8 Å². The summed E-state index contributed by atoms with van der Waals surface area (Å²) in [5, 5.41) is 2.90. The summed E-state index contributed by atoms with van der Waals surface area (Å²) >= 11 is 0. The molecule has 1 N–H and O–H groups in total. The van der Waals surface area contributed by atoms with Crippen LogP contribution in [0.4, 0.5) is 4.39 Å². The summed E-state index contributed by atoms with van der Waals surface area (Å²) in [6.45, 7) is 1.88. The van der Waals surface area contributed by atoms with Crippen molar-refractivity contribution >= 4 is 16.9 Å². The van der Waals surface area contributed by atoms with Crippen LogP contribution in [0, 0.1) is 5.82 Å². The van der Waals surface area contributed by atoms with Crippen molar-refractivity contribution in [1.82, 2.24) is 14.9 Å². The van der Waals surface area contributed by atoms with Gasteiger partial charge in [0.15, 0.2) is 0 Å². The van der Waals surface area contributed by atoms with Gasteiger partial charge in [-0.3, -0.25) is 4.79 Å². The third kappa shape index (κ3) is 5.92. The maximum atomic E-state index is 13.1. The van der Waals surface area contributed by atoms with E-state index in [1.54, 1.807) is 7.11 Å².